The van der Waals surface area contributed by atoms with Gasteiger partial charge in [-0.15, -0.1) is 0 Å². The molecule has 0 radical (unpaired) electrons. The highest BCUT2D eigenvalue weighted by Crippen LogP contribution is 2.18. The highest BCUT2D eigenvalue weighted by molar-refractivity contribution is 6.02. The van der Waals surface area contributed by atoms with E-state index in [1.807, 2.05) is 19.9 Å². The number of urea groups is 1. The zero-order chi connectivity index (χ0) is 21.4. The van der Waals surface area contributed by atoms with E-state index in [-0.39, 0.29) is 0 Å². The van der Waals surface area contributed by atoms with Crippen LogP contribution in [0.4, 0.5) is 10.5 Å². The Balaban J connectivity index is 1.75. The lowest BCUT2D eigenvalue weighted by Crippen LogP contribution is -2.38. The number of hydrogen-bond donors (Lipinski definition) is 2. The lowest BCUT2D eigenvalue weighted by atomic mass is 10.1. The van der Waals surface area contributed by atoms with Gasteiger partial charge in [-0.1, -0.05) is 6.07 Å². The topological polar surface area (TPSA) is 103 Å². The predicted molar refractivity (Wildman–Crippen MR) is 107 cm³/mol. The molecule has 0 bridgehead atoms. The zero-order valence-corrected chi connectivity index (χ0v) is 16.8. The number of carbonyl (C=O) groups is 3. The Morgan fingerprint density at radius 2 is 1.62 bits per heavy atom. The smallest absolute Gasteiger partial charge is 0.347 e. The van der Waals surface area contributed by atoms with Crippen molar-refractivity contribution in [1.82, 2.24) is 5.32 Å². The first-order chi connectivity index (χ1) is 13.8. The average molecular weight is 400 g/mol. The molecule has 2 aromatic carbocycles. The standard InChI is InChI=1S/C21H24N2O6/c1-13-5-6-16(11-14(13)2)22-21(26)23-19(24)12-28-20(25)15(3)29-18-9-7-17(27-4)8-10-18/h5-11,15H,12H2,1-4H3,(H2,22,23,24,26). The number of benzene rings is 2. The third kappa shape index (κ3) is 6.84. The fourth-order valence-corrected chi connectivity index (χ4v) is 2.30. The van der Waals surface area contributed by atoms with Gasteiger partial charge in [0, 0.05) is 5.69 Å². The number of ether oxygens (including phenoxy) is 3. The van der Waals surface area contributed by atoms with Gasteiger partial charge in [-0.05, 0) is 68.3 Å². The van der Waals surface area contributed by atoms with Crippen LogP contribution in [-0.4, -0.2) is 37.7 Å². The Hall–Kier alpha value is -3.55. The maximum atomic E-state index is 12.0. The van der Waals surface area contributed by atoms with Crippen molar-refractivity contribution in [3.05, 3.63) is 53.6 Å². The van der Waals surface area contributed by atoms with E-state index in [0.717, 1.165) is 11.1 Å². The van der Waals surface area contributed by atoms with E-state index in [2.05, 4.69) is 10.6 Å². The van der Waals surface area contributed by atoms with Crippen molar-refractivity contribution in [2.45, 2.75) is 26.9 Å². The van der Waals surface area contributed by atoms with Gasteiger partial charge in [0.05, 0.1) is 7.11 Å². The van der Waals surface area contributed by atoms with Crippen molar-refractivity contribution in [2.75, 3.05) is 19.0 Å². The normalized spacial score (nSPS) is 11.2. The SMILES string of the molecule is COc1ccc(OC(C)C(=O)OCC(=O)NC(=O)Nc2ccc(C)c(C)c2)cc1. The Bertz CT molecular complexity index is 879. The van der Waals surface area contributed by atoms with Crippen molar-refractivity contribution in [3.8, 4) is 11.5 Å². The van der Waals surface area contributed by atoms with E-state index in [0.29, 0.717) is 17.2 Å². The second-order valence-electron chi connectivity index (χ2n) is 6.34. The number of carbonyl (C=O) groups excluding carboxylic acids is 3. The Morgan fingerprint density at radius 3 is 2.24 bits per heavy atom. The van der Waals surface area contributed by atoms with Crippen LogP contribution in [0.5, 0.6) is 11.5 Å². The third-order valence-electron chi connectivity index (χ3n) is 4.07. The molecular weight excluding hydrogens is 376 g/mol. The first-order valence-electron chi connectivity index (χ1n) is 8.94. The number of aryl methyl sites for hydroxylation is 2. The summed E-state index contributed by atoms with van der Waals surface area (Å²) in [4.78, 5) is 35.7. The molecule has 3 amide bonds. The molecule has 2 N–H and O–H groups in total. The van der Waals surface area contributed by atoms with Gasteiger partial charge in [0.1, 0.15) is 11.5 Å². The highest BCUT2D eigenvalue weighted by atomic mass is 16.6. The summed E-state index contributed by atoms with van der Waals surface area (Å²) in [5.74, 6) is -0.377. The number of amides is 3. The largest absolute Gasteiger partial charge is 0.497 e. The van der Waals surface area contributed by atoms with E-state index in [4.69, 9.17) is 14.2 Å². The minimum absolute atomic E-state index is 0.451. The summed E-state index contributed by atoms with van der Waals surface area (Å²) in [6, 6.07) is 11.3. The molecule has 29 heavy (non-hydrogen) atoms. The quantitative estimate of drug-likeness (QED) is 0.693. The maximum Gasteiger partial charge on any atom is 0.347 e. The van der Waals surface area contributed by atoms with E-state index >= 15 is 0 Å². The Kier molecular flexibility index (Phi) is 7.59. The zero-order valence-electron chi connectivity index (χ0n) is 16.8. The van der Waals surface area contributed by atoms with Gasteiger partial charge >= 0.3 is 12.0 Å². The maximum absolute atomic E-state index is 12.0. The van der Waals surface area contributed by atoms with Crippen molar-refractivity contribution in [2.24, 2.45) is 0 Å². The first kappa shape index (κ1) is 21.7. The highest BCUT2D eigenvalue weighted by Gasteiger charge is 2.18. The number of anilines is 1. The van der Waals surface area contributed by atoms with Crippen molar-refractivity contribution >= 4 is 23.6 Å². The average Bonchev–Trinajstić information content (AvgIpc) is 2.69. The van der Waals surface area contributed by atoms with Crippen LogP contribution in [0.3, 0.4) is 0 Å². The van der Waals surface area contributed by atoms with Crippen LogP contribution in [0, 0.1) is 13.8 Å². The van der Waals surface area contributed by atoms with Crippen LogP contribution < -0.4 is 20.1 Å². The monoisotopic (exact) mass is 400 g/mol. The summed E-state index contributed by atoms with van der Waals surface area (Å²) < 4.78 is 15.4. The molecule has 0 aliphatic carbocycles. The first-order valence-corrected chi connectivity index (χ1v) is 8.94. The summed E-state index contributed by atoms with van der Waals surface area (Å²) in [6.45, 7) is 4.76. The van der Waals surface area contributed by atoms with Gasteiger partial charge in [-0.2, -0.15) is 0 Å². The molecule has 0 aromatic heterocycles. The summed E-state index contributed by atoms with van der Waals surface area (Å²) in [7, 11) is 1.54. The van der Waals surface area contributed by atoms with Gasteiger partial charge in [-0.3, -0.25) is 10.1 Å². The lowest BCUT2D eigenvalue weighted by molar-refractivity contribution is -0.154. The molecule has 1 unspecified atom stereocenters. The minimum Gasteiger partial charge on any atom is -0.497 e. The Labute approximate surface area is 169 Å². The molecule has 0 heterocycles. The van der Waals surface area contributed by atoms with Crippen LogP contribution in [0.15, 0.2) is 42.5 Å². The molecule has 0 fully saturated rings. The molecule has 0 spiro atoms. The van der Waals surface area contributed by atoms with Crippen LogP contribution in [0.1, 0.15) is 18.1 Å². The van der Waals surface area contributed by atoms with Crippen LogP contribution in [0.25, 0.3) is 0 Å². The van der Waals surface area contributed by atoms with Crippen molar-refractivity contribution < 1.29 is 28.6 Å². The molecule has 8 nitrogen and oxygen atoms in total. The lowest BCUT2D eigenvalue weighted by Gasteiger charge is -2.14. The minimum atomic E-state index is -0.930. The van der Waals surface area contributed by atoms with Crippen LogP contribution >= 0.6 is 0 Å². The van der Waals surface area contributed by atoms with Gasteiger partial charge in [-0.25, -0.2) is 9.59 Å². The fourth-order valence-electron chi connectivity index (χ4n) is 2.30. The van der Waals surface area contributed by atoms with Crippen LogP contribution in [0.2, 0.25) is 0 Å². The Morgan fingerprint density at radius 1 is 0.966 bits per heavy atom. The molecule has 0 aliphatic heterocycles. The molecule has 0 saturated heterocycles. The van der Waals surface area contributed by atoms with E-state index < -0.39 is 30.6 Å². The molecular formula is C21H24N2O6. The number of methoxy groups -OCH3 is 1. The summed E-state index contributed by atoms with van der Waals surface area (Å²) in [6.07, 6.45) is -0.930. The fraction of sp³-hybridized carbons (Fsp3) is 0.286. The van der Waals surface area contributed by atoms with E-state index in [1.165, 1.54) is 6.92 Å². The summed E-state index contributed by atoms with van der Waals surface area (Å²) in [5, 5.41) is 4.65. The number of esters is 1. The van der Waals surface area contributed by atoms with Gasteiger partial charge < -0.3 is 19.5 Å². The predicted octanol–water partition coefficient (Wildman–Crippen LogP) is 2.97. The van der Waals surface area contributed by atoms with Gasteiger partial charge in [0.2, 0.25) is 0 Å². The van der Waals surface area contributed by atoms with Crippen LogP contribution in [-0.2, 0) is 14.3 Å². The third-order valence-corrected chi connectivity index (χ3v) is 4.07. The number of imide groups is 1. The van der Waals surface area contributed by atoms with Gasteiger partial charge in [0.15, 0.2) is 12.7 Å². The van der Waals surface area contributed by atoms with Gasteiger partial charge in [0.25, 0.3) is 5.91 Å². The molecule has 2 rings (SSSR count). The number of rotatable bonds is 7. The molecule has 2 aromatic rings. The number of hydrogen-bond acceptors (Lipinski definition) is 6. The molecule has 0 aliphatic rings. The van der Waals surface area contributed by atoms with Crippen molar-refractivity contribution in [3.63, 3.8) is 0 Å². The second kappa shape index (κ2) is 10.1. The van der Waals surface area contributed by atoms with Crippen molar-refractivity contribution in [1.29, 1.82) is 0 Å². The molecule has 8 heteroatoms. The summed E-state index contributed by atoms with van der Waals surface area (Å²) >= 11 is 0. The molecule has 154 valence electrons. The molecule has 1 atom stereocenters. The number of nitrogens with one attached hydrogen (secondary N) is 2. The van der Waals surface area contributed by atoms with E-state index in [9.17, 15) is 14.4 Å². The second-order valence-corrected chi connectivity index (χ2v) is 6.34. The summed E-state index contributed by atoms with van der Waals surface area (Å²) in [5.41, 5.74) is 2.65. The van der Waals surface area contributed by atoms with E-state index in [1.54, 1.807) is 43.5 Å². The molecule has 0 saturated carbocycles.